The van der Waals surface area contributed by atoms with Gasteiger partial charge in [-0.05, 0) is 25.2 Å². The molecule has 0 bridgehead atoms. The van der Waals surface area contributed by atoms with E-state index in [1.54, 1.807) is 7.11 Å². The Morgan fingerprint density at radius 2 is 2.18 bits per heavy atom. The van der Waals surface area contributed by atoms with Gasteiger partial charge >= 0.3 is 0 Å². The predicted molar refractivity (Wildman–Crippen MR) is 68.2 cm³/mol. The Balaban J connectivity index is 2.71. The minimum absolute atomic E-state index is 0.171. The van der Waals surface area contributed by atoms with E-state index in [-0.39, 0.29) is 17.2 Å². The van der Waals surface area contributed by atoms with Crippen LogP contribution in [0.3, 0.4) is 0 Å². The number of hydrogen-bond donors (Lipinski definition) is 2. The molecule has 1 saturated heterocycles. The third-order valence-electron chi connectivity index (χ3n) is 3.61. The van der Waals surface area contributed by atoms with Crippen molar-refractivity contribution in [2.24, 2.45) is 11.8 Å². The summed E-state index contributed by atoms with van der Waals surface area (Å²) in [6.07, 6.45) is 3.29. The molecule has 0 amide bonds. The summed E-state index contributed by atoms with van der Waals surface area (Å²) in [4.78, 5) is 0. The van der Waals surface area contributed by atoms with Gasteiger partial charge in [0.2, 0.25) is 0 Å². The highest BCUT2D eigenvalue weighted by Crippen LogP contribution is 2.26. The number of rotatable bonds is 6. The number of methoxy groups -OCH3 is 1. The van der Waals surface area contributed by atoms with Gasteiger partial charge in [0.05, 0.1) is 11.0 Å². The smallest absolute Gasteiger partial charge is 0.154 e. The molecule has 1 fully saturated rings. The maximum absolute atomic E-state index is 12.0. The highest BCUT2D eigenvalue weighted by Gasteiger charge is 2.37. The Morgan fingerprint density at radius 1 is 1.47 bits per heavy atom. The second-order valence-electron chi connectivity index (χ2n) is 4.85. The van der Waals surface area contributed by atoms with Crippen molar-refractivity contribution in [1.82, 2.24) is 5.43 Å². The summed E-state index contributed by atoms with van der Waals surface area (Å²) in [6, 6.07) is -0.171. The maximum atomic E-state index is 12.0. The average molecular weight is 264 g/mol. The SMILES string of the molecule is COCCC(C)C(NN)C1CCCCS1(=O)=O. The molecule has 1 heterocycles. The van der Waals surface area contributed by atoms with Crippen molar-refractivity contribution in [3.63, 3.8) is 0 Å². The maximum Gasteiger partial charge on any atom is 0.154 e. The van der Waals surface area contributed by atoms with Gasteiger partial charge in [0.25, 0.3) is 0 Å². The summed E-state index contributed by atoms with van der Waals surface area (Å²) in [6.45, 7) is 2.65. The van der Waals surface area contributed by atoms with Crippen LogP contribution < -0.4 is 11.3 Å². The second-order valence-corrected chi connectivity index (χ2v) is 7.19. The lowest BCUT2D eigenvalue weighted by molar-refractivity contribution is 0.168. The highest BCUT2D eigenvalue weighted by molar-refractivity contribution is 7.92. The summed E-state index contributed by atoms with van der Waals surface area (Å²) in [5.74, 6) is 6.03. The molecule has 0 aliphatic carbocycles. The van der Waals surface area contributed by atoms with Gasteiger partial charge in [0.15, 0.2) is 9.84 Å². The van der Waals surface area contributed by atoms with Crippen LogP contribution in [0.2, 0.25) is 0 Å². The third kappa shape index (κ3) is 3.91. The molecule has 0 saturated carbocycles. The largest absolute Gasteiger partial charge is 0.385 e. The molecule has 5 nitrogen and oxygen atoms in total. The Kier molecular flexibility index (Phi) is 5.85. The van der Waals surface area contributed by atoms with Crippen LogP contribution >= 0.6 is 0 Å². The average Bonchev–Trinajstić information content (AvgIpc) is 2.29. The van der Waals surface area contributed by atoms with Gasteiger partial charge in [0.1, 0.15) is 0 Å². The van der Waals surface area contributed by atoms with Crippen molar-refractivity contribution in [2.75, 3.05) is 19.5 Å². The van der Waals surface area contributed by atoms with E-state index >= 15 is 0 Å². The summed E-state index contributed by atoms with van der Waals surface area (Å²) < 4.78 is 29.1. The fourth-order valence-corrected chi connectivity index (χ4v) is 4.73. The van der Waals surface area contributed by atoms with E-state index in [1.807, 2.05) is 6.92 Å². The normalized spacial score (nSPS) is 27.6. The summed E-state index contributed by atoms with van der Waals surface area (Å²) in [5.41, 5.74) is 2.70. The van der Waals surface area contributed by atoms with E-state index < -0.39 is 9.84 Å². The van der Waals surface area contributed by atoms with Crippen LogP contribution in [0.1, 0.15) is 32.6 Å². The zero-order chi connectivity index (χ0) is 12.9. The molecule has 3 N–H and O–H groups in total. The molecule has 6 heteroatoms. The van der Waals surface area contributed by atoms with Crippen LogP contribution in [0.4, 0.5) is 0 Å². The van der Waals surface area contributed by atoms with Gasteiger partial charge in [-0.3, -0.25) is 11.3 Å². The zero-order valence-corrected chi connectivity index (χ0v) is 11.5. The number of hydrazine groups is 1. The summed E-state index contributed by atoms with van der Waals surface area (Å²) in [7, 11) is -1.34. The first-order chi connectivity index (χ1) is 8.03. The molecular weight excluding hydrogens is 240 g/mol. The van der Waals surface area contributed by atoms with Crippen LogP contribution in [0.5, 0.6) is 0 Å². The first-order valence-corrected chi connectivity index (χ1v) is 7.91. The number of hydrogen-bond acceptors (Lipinski definition) is 5. The van der Waals surface area contributed by atoms with Crippen molar-refractivity contribution in [3.8, 4) is 0 Å². The van der Waals surface area contributed by atoms with E-state index in [0.717, 1.165) is 19.3 Å². The van der Waals surface area contributed by atoms with Crippen LogP contribution in [0.15, 0.2) is 0 Å². The standard InChI is InChI=1S/C11H24N2O3S/c1-9(6-7-16-2)11(13-12)10-5-3-4-8-17(10,14)15/h9-11,13H,3-8,12H2,1-2H3. The number of nitrogens with two attached hydrogens (primary N) is 1. The number of sulfone groups is 1. The van der Waals surface area contributed by atoms with Gasteiger partial charge in [0, 0.05) is 19.8 Å². The zero-order valence-electron chi connectivity index (χ0n) is 10.7. The van der Waals surface area contributed by atoms with Gasteiger partial charge in [-0.2, -0.15) is 0 Å². The Labute approximate surface area is 104 Å². The lowest BCUT2D eigenvalue weighted by Gasteiger charge is -2.33. The highest BCUT2D eigenvalue weighted by atomic mass is 32.2. The first kappa shape index (κ1) is 14.9. The topological polar surface area (TPSA) is 81.4 Å². The number of ether oxygens (including phenoxy) is 1. The Bertz CT molecular complexity index is 319. The Hall–Kier alpha value is -0.170. The molecule has 0 radical (unpaired) electrons. The van der Waals surface area contributed by atoms with Crippen molar-refractivity contribution < 1.29 is 13.2 Å². The van der Waals surface area contributed by atoms with E-state index in [9.17, 15) is 8.42 Å². The van der Waals surface area contributed by atoms with Crippen LogP contribution in [0, 0.1) is 5.92 Å². The summed E-state index contributed by atoms with van der Waals surface area (Å²) >= 11 is 0. The quantitative estimate of drug-likeness (QED) is 0.538. The second kappa shape index (κ2) is 6.68. The minimum atomic E-state index is -2.99. The fraction of sp³-hybridized carbons (Fsp3) is 1.00. The van der Waals surface area contributed by atoms with E-state index in [0.29, 0.717) is 18.8 Å². The first-order valence-electron chi connectivity index (χ1n) is 6.19. The molecule has 102 valence electrons. The lowest BCUT2D eigenvalue weighted by atomic mass is 9.93. The molecule has 3 unspecified atom stereocenters. The van der Waals surface area contributed by atoms with Crippen molar-refractivity contribution >= 4 is 9.84 Å². The van der Waals surface area contributed by atoms with Crippen molar-refractivity contribution in [2.45, 2.75) is 43.9 Å². The molecule has 1 aliphatic rings. The van der Waals surface area contributed by atoms with Crippen LogP contribution in [0.25, 0.3) is 0 Å². The van der Waals surface area contributed by atoms with Crippen LogP contribution in [-0.4, -0.2) is 39.2 Å². The molecule has 17 heavy (non-hydrogen) atoms. The molecule has 3 atom stereocenters. The monoisotopic (exact) mass is 264 g/mol. The molecule has 0 aromatic carbocycles. The lowest BCUT2D eigenvalue weighted by Crippen LogP contribution is -2.52. The van der Waals surface area contributed by atoms with E-state index in [4.69, 9.17) is 10.6 Å². The van der Waals surface area contributed by atoms with Gasteiger partial charge < -0.3 is 4.74 Å². The molecule has 0 aromatic rings. The van der Waals surface area contributed by atoms with Gasteiger partial charge in [-0.15, -0.1) is 0 Å². The minimum Gasteiger partial charge on any atom is -0.385 e. The predicted octanol–water partition coefficient (Wildman–Crippen LogP) is 0.458. The van der Waals surface area contributed by atoms with Gasteiger partial charge in [-0.25, -0.2) is 8.42 Å². The molecule has 0 spiro atoms. The molecular formula is C11H24N2O3S. The number of nitrogens with one attached hydrogen (secondary N) is 1. The molecule has 0 aromatic heterocycles. The summed E-state index contributed by atoms with van der Waals surface area (Å²) in [5, 5.41) is -0.340. The van der Waals surface area contributed by atoms with Crippen molar-refractivity contribution in [1.29, 1.82) is 0 Å². The third-order valence-corrected chi connectivity index (χ3v) is 5.92. The molecule has 1 aliphatic heterocycles. The van der Waals surface area contributed by atoms with Crippen LogP contribution in [-0.2, 0) is 14.6 Å². The Morgan fingerprint density at radius 3 is 2.71 bits per heavy atom. The van der Waals surface area contributed by atoms with E-state index in [1.165, 1.54) is 0 Å². The fourth-order valence-electron chi connectivity index (χ4n) is 2.50. The molecule has 1 rings (SSSR count). The van der Waals surface area contributed by atoms with Gasteiger partial charge in [-0.1, -0.05) is 13.3 Å². The van der Waals surface area contributed by atoms with Crippen molar-refractivity contribution in [3.05, 3.63) is 0 Å². The van der Waals surface area contributed by atoms with E-state index in [2.05, 4.69) is 5.43 Å².